The molecule has 0 aromatic heterocycles. The quantitative estimate of drug-likeness (QED) is 0.614. The van der Waals surface area contributed by atoms with Crippen LogP contribution in [0.25, 0.3) is 0 Å². The van der Waals surface area contributed by atoms with Crippen LogP contribution in [0.4, 0.5) is 18.9 Å². The zero-order valence-corrected chi connectivity index (χ0v) is 17.6. The number of hydrogen-bond donors (Lipinski definition) is 2. The van der Waals surface area contributed by atoms with Crippen LogP contribution >= 0.6 is 27.5 Å². The lowest BCUT2D eigenvalue weighted by Gasteiger charge is -2.15. The first-order valence-electron chi connectivity index (χ1n) is 6.90. The van der Waals surface area contributed by atoms with Gasteiger partial charge in [-0.2, -0.15) is 0 Å². The van der Waals surface area contributed by atoms with Gasteiger partial charge in [0, 0.05) is 15.8 Å². The SMILES string of the molecule is CS(=O)(=O)c1cc(Cl)cc(NS(=O)(=O)c2cc(Br)cc(OC(F)(F)F)c2O)c1. The molecule has 0 bridgehead atoms. The summed E-state index contributed by atoms with van der Waals surface area (Å²) < 4.78 is 91.1. The third kappa shape index (κ3) is 5.65. The number of rotatable bonds is 5. The molecule has 0 saturated heterocycles. The lowest BCUT2D eigenvalue weighted by Crippen LogP contribution is -2.18. The number of ether oxygens (including phenoxy) is 1. The second-order valence-electron chi connectivity index (χ2n) is 5.35. The molecule has 14 heteroatoms. The van der Waals surface area contributed by atoms with Crippen LogP contribution in [0.2, 0.25) is 5.02 Å². The summed E-state index contributed by atoms with van der Waals surface area (Å²) >= 11 is 8.61. The number of phenolic OH excluding ortho intramolecular Hbond substituents is 1. The Kier molecular flexibility index (Phi) is 6.14. The molecule has 2 N–H and O–H groups in total. The van der Waals surface area contributed by atoms with E-state index in [0.717, 1.165) is 36.6 Å². The Labute approximate surface area is 171 Å². The molecule has 0 aliphatic rings. The van der Waals surface area contributed by atoms with Gasteiger partial charge in [-0.15, -0.1) is 13.2 Å². The smallest absolute Gasteiger partial charge is 0.503 e. The number of sulfonamides is 1. The molecule has 0 aliphatic heterocycles. The monoisotopic (exact) mass is 523 g/mol. The maximum absolute atomic E-state index is 12.5. The van der Waals surface area contributed by atoms with Crippen molar-refractivity contribution in [2.75, 3.05) is 11.0 Å². The van der Waals surface area contributed by atoms with Crippen LogP contribution in [-0.2, 0) is 19.9 Å². The number of sulfone groups is 1. The highest BCUT2D eigenvalue weighted by Crippen LogP contribution is 2.40. The van der Waals surface area contributed by atoms with E-state index in [1.165, 1.54) is 0 Å². The third-order valence-electron chi connectivity index (χ3n) is 3.07. The molecule has 0 amide bonds. The molecule has 7 nitrogen and oxygen atoms in total. The van der Waals surface area contributed by atoms with E-state index in [4.69, 9.17) is 11.6 Å². The summed E-state index contributed by atoms with van der Waals surface area (Å²) in [7, 11) is -8.39. The highest BCUT2D eigenvalue weighted by Gasteiger charge is 2.34. The Balaban J connectivity index is 2.53. The van der Waals surface area contributed by atoms with Crippen LogP contribution in [0.3, 0.4) is 0 Å². The number of alkyl halides is 3. The van der Waals surface area contributed by atoms with Crippen LogP contribution in [0.5, 0.6) is 11.5 Å². The van der Waals surface area contributed by atoms with Gasteiger partial charge in [0.25, 0.3) is 10.0 Å². The van der Waals surface area contributed by atoms with Gasteiger partial charge >= 0.3 is 6.36 Å². The number of anilines is 1. The van der Waals surface area contributed by atoms with Crippen molar-refractivity contribution in [1.82, 2.24) is 0 Å². The summed E-state index contributed by atoms with van der Waals surface area (Å²) in [6.45, 7) is 0. The topological polar surface area (TPSA) is 110 Å². The number of benzene rings is 2. The Morgan fingerprint density at radius 3 is 2.25 bits per heavy atom. The number of aromatic hydroxyl groups is 1. The van der Waals surface area contributed by atoms with Gasteiger partial charge in [0.05, 0.1) is 10.6 Å². The number of phenols is 1. The normalized spacial score (nSPS) is 12.6. The molecule has 2 aromatic carbocycles. The summed E-state index contributed by atoms with van der Waals surface area (Å²) in [5.74, 6) is -2.44. The van der Waals surface area contributed by atoms with Crippen LogP contribution in [0.15, 0.2) is 44.6 Å². The van der Waals surface area contributed by atoms with E-state index < -0.39 is 42.6 Å². The van der Waals surface area contributed by atoms with Gasteiger partial charge in [0.2, 0.25) is 0 Å². The third-order valence-corrected chi connectivity index (χ3v) is 6.23. The summed E-state index contributed by atoms with van der Waals surface area (Å²) in [4.78, 5) is -1.24. The van der Waals surface area contributed by atoms with Crippen molar-refractivity contribution in [1.29, 1.82) is 0 Å². The summed E-state index contributed by atoms with van der Waals surface area (Å²) in [5.41, 5.74) is -0.286. The standard InChI is InChI=1S/C14H10BrClF3NO6S2/c1-27(22,23)10-5-8(16)4-9(6-10)20-28(24,25)12-3-7(15)2-11(13(12)21)26-14(17,18)19/h2-6,20-21H,1H3. The minimum Gasteiger partial charge on any atom is -0.503 e. The average molecular weight is 525 g/mol. The Bertz CT molecular complexity index is 1140. The molecule has 0 atom stereocenters. The summed E-state index contributed by atoms with van der Waals surface area (Å²) in [5, 5.41) is 9.83. The largest absolute Gasteiger partial charge is 0.573 e. The fraction of sp³-hybridized carbons (Fsp3) is 0.143. The lowest BCUT2D eigenvalue weighted by atomic mass is 10.3. The van der Waals surface area contributed by atoms with Crippen LogP contribution in [0.1, 0.15) is 0 Å². The second kappa shape index (κ2) is 7.61. The molecular formula is C14H10BrClF3NO6S2. The molecule has 2 rings (SSSR count). The van der Waals surface area contributed by atoms with Crippen molar-refractivity contribution in [3.8, 4) is 11.5 Å². The predicted octanol–water partition coefficient (Wildman–Crippen LogP) is 3.91. The van der Waals surface area contributed by atoms with Crippen molar-refractivity contribution < 1.29 is 39.9 Å². The van der Waals surface area contributed by atoms with Crippen LogP contribution in [0, 0.1) is 0 Å². The summed E-state index contributed by atoms with van der Waals surface area (Å²) in [6.07, 6.45) is -4.30. The maximum atomic E-state index is 12.5. The van der Waals surface area contributed by atoms with E-state index in [9.17, 15) is 35.1 Å². The van der Waals surface area contributed by atoms with Crippen LogP contribution in [-0.4, -0.2) is 34.6 Å². The van der Waals surface area contributed by atoms with Crippen LogP contribution < -0.4 is 9.46 Å². The van der Waals surface area contributed by atoms with E-state index in [2.05, 4.69) is 20.7 Å². The number of hydrogen-bond acceptors (Lipinski definition) is 6. The molecule has 0 fully saturated rings. The molecule has 28 heavy (non-hydrogen) atoms. The van der Waals surface area contributed by atoms with E-state index >= 15 is 0 Å². The first-order chi connectivity index (χ1) is 12.6. The van der Waals surface area contributed by atoms with Gasteiger partial charge in [-0.25, -0.2) is 16.8 Å². The van der Waals surface area contributed by atoms with Gasteiger partial charge in [-0.05, 0) is 30.3 Å². The zero-order chi connectivity index (χ0) is 21.5. The first-order valence-corrected chi connectivity index (χ1v) is 11.4. The fourth-order valence-electron chi connectivity index (χ4n) is 2.00. The predicted molar refractivity (Wildman–Crippen MR) is 97.9 cm³/mol. The highest BCUT2D eigenvalue weighted by atomic mass is 79.9. The van der Waals surface area contributed by atoms with Gasteiger partial charge in [0.15, 0.2) is 21.3 Å². The van der Waals surface area contributed by atoms with Crippen molar-refractivity contribution >= 4 is 53.1 Å². The lowest BCUT2D eigenvalue weighted by molar-refractivity contribution is -0.275. The Hall–Kier alpha value is -1.70. The second-order valence-corrected chi connectivity index (χ2v) is 10.4. The van der Waals surface area contributed by atoms with Crippen molar-refractivity contribution in [2.45, 2.75) is 16.2 Å². The van der Waals surface area contributed by atoms with E-state index in [-0.39, 0.29) is 20.1 Å². The van der Waals surface area contributed by atoms with Crippen molar-refractivity contribution in [3.05, 3.63) is 39.8 Å². The molecular weight excluding hydrogens is 515 g/mol. The molecule has 2 aromatic rings. The Morgan fingerprint density at radius 2 is 1.71 bits per heavy atom. The fourth-order valence-corrected chi connectivity index (χ4v) is 4.75. The van der Waals surface area contributed by atoms with Gasteiger partial charge in [-0.1, -0.05) is 27.5 Å². The number of nitrogens with one attached hydrogen (secondary N) is 1. The molecule has 0 saturated carbocycles. The molecule has 0 unspecified atom stereocenters. The Morgan fingerprint density at radius 1 is 1.11 bits per heavy atom. The van der Waals surface area contributed by atoms with Crippen molar-refractivity contribution in [3.63, 3.8) is 0 Å². The van der Waals surface area contributed by atoms with Gasteiger partial charge < -0.3 is 9.84 Å². The maximum Gasteiger partial charge on any atom is 0.573 e. The molecule has 0 aliphatic carbocycles. The summed E-state index contributed by atoms with van der Waals surface area (Å²) in [6, 6.07) is 4.68. The van der Waals surface area contributed by atoms with Gasteiger partial charge in [-0.3, -0.25) is 4.72 Å². The molecule has 0 radical (unpaired) electrons. The molecule has 154 valence electrons. The van der Waals surface area contributed by atoms with E-state index in [1.54, 1.807) is 0 Å². The highest BCUT2D eigenvalue weighted by molar-refractivity contribution is 9.10. The van der Waals surface area contributed by atoms with E-state index in [1.807, 2.05) is 4.72 Å². The van der Waals surface area contributed by atoms with Crippen molar-refractivity contribution in [2.24, 2.45) is 0 Å². The van der Waals surface area contributed by atoms with E-state index in [0.29, 0.717) is 0 Å². The first kappa shape index (κ1) is 22.6. The molecule has 0 spiro atoms. The number of halogens is 5. The minimum atomic E-state index is -5.18. The molecule has 0 heterocycles. The zero-order valence-electron chi connectivity index (χ0n) is 13.6. The van der Waals surface area contributed by atoms with Gasteiger partial charge in [0.1, 0.15) is 4.90 Å². The minimum absolute atomic E-state index is 0.111. The average Bonchev–Trinajstić information content (AvgIpc) is 2.47.